The van der Waals surface area contributed by atoms with Gasteiger partial charge in [0, 0.05) is 19.1 Å². The van der Waals surface area contributed by atoms with Crippen molar-refractivity contribution in [2.45, 2.75) is 32.9 Å². The molecule has 1 N–H and O–H groups in total. The van der Waals surface area contributed by atoms with Crippen molar-refractivity contribution in [1.82, 2.24) is 10.2 Å². The Morgan fingerprint density at radius 1 is 1.24 bits per heavy atom. The number of rotatable bonds is 6. The van der Waals surface area contributed by atoms with E-state index in [1.165, 1.54) is 17.5 Å². The van der Waals surface area contributed by atoms with E-state index in [9.17, 15) is 0 Å². The van der Waals surface area contributed by atoms with E-state index in [0.717, 1.165) is 13.1 Å². The summed E-state index contributed by atoms with van der Waals surface area (Å²) in [5.74, 6) is 0. The highest BCUT2D eigenvalue weighted by atomic mass is 35.5. The van der Waals surface area contributed by atoms with Crippen molar-refractivity contribution in [3.05, 3.63) is 35.4 Å². The van der Waals surface area contributed by atoms with Crippen LogP contribution in [0.3, 0.4) is 0 Å². The van der Waals surface area contributed by atoms with Crippen molar-refractivity contribution >= 4 is 12.4 Å². The van der Waals surface area contributed by atoms with Gasteiger partial charge in [0.25, 0.3) is 0 Å². The van der Waals surface area contributed by atoms with E-state index in [2.05, 4.69) is 62.4 Å². The minimum absolute atomic E-state index is 0. The maximum Gasteiger partial charge on any atom is 0.0212 e. The van der Waals surface area contributed by atoms with Crippen molar-refractivity contribution in [1.29, 1.82) is 0 Å². The number of hydrogen-bond donors (Lipinski definition) is 1. The van der Waals surface area contributed by atoms with Crippen LogP contribution in [0.4, 0.5) is 0 Å². The zero-order chi connectivity index (χ0) is 12.0. The second kappa shape index (κ2) is 8.51. The average Bonchev–Trinajstić information content (AvgIpc) is 2.26. The smallest absolute Gasteiger partial charge is 0.0212 e. The van der Waals surface area contributed by atoms with E-state index >= 15 is 0 Å². The predicted octanol–water partition coefficient (Wildman–Crippen LogP) is 2.85. The highest BCUT2D eigenvalue weighted by molar-refractivity contribution is 5.85. The van der Waals surface area contributed by atoms with Gasteiger partial charge in [0.05, 0.1) is 0 Å². The lowest BCUT2D eigenvalue weighted by atomic mass is 10.1. The number of likely N-dealkylation sites (N-methyl/N-ethyl adjacent to an activating group) is 1. The van der Waals surface area contributed by atoms with Gasteiger partial charge >= 0.3 is 0 Å². The summed E-state index contributed by atoms with van der Waals surface area (Å²) in [4.78, 5) is 2.28. The van der Waals surface area contributed by atoms with Crippen LogP contribution in [0.15, 0.2) is 24.3 Å². The Balaban J connectivity index is 0.00000256. The third kappa shape index (κ3) is 5.53. The SMILES string of the molecule is CCC(CNCc1ccccc1C)N(C)C.Cl. The molecule has 0 aliphatic rings. The number of halogens is 1. The maximum absolute atomic E-state index is 3.53. The fourth-order valence-electron chi connectivity index (χ4n) is 1.87. The highest BCUT2D eigenvalue weighted by Crippen LogP contribution is 2.06. The van der Waals surface area contributed by atoms with E-state index in [1.54, 1.807) is 0 Å². The normalized spacial score (nSPS) is 12.3. The molecule has 3 heteroatoms. The molecule has 1 rings (SSSR count). The van der Waals surface area contributed by atoms with Crippen LogP contribution in [0.1, 0.15) is 24.5 Å². The molecule has 0 heterocycles. The Labute approximate surface area is 112 Å². The number of hydrogen-bond acceptors (Lipinski definition) is 2. The number of nitrogens with one attached hydrogen (secondary N) is 1. The minimum Gasteiger partial charge on any atom is -0.311 e. The van der Waals surface area contributed by atoms with Gasteiger partial charge in [-0.25, -0.2) is 0 Å². The van der Waals surface area contributed by atoms with Gasteiger partial charge in [-0.15, -0.1) is 12.4 Å². The molecule has 0 saturated heterocycles. The molecule has 0 spiro atoms. The highest BCUT2D eigenvalue weighted by Gasteiger charge is 2.07. The predicted molar refractivity (Wildman–Crippen MR) is 77.9 cm³/mol. The second-order valence-corrected chi connectivity index (χ2v) is 4.58. The summed E-state index contributed by atoms with van der Waals surface area (Å²) < 4.78 is 0. The molecule has 1 aromatic rings. The fraction of sp³-hybridized carbons (Fsp3) is 0.571. The van der Waals surface area contributed by atoms with Gasteiger partial charge in [0.1, 0.15) is 0 Å². The van der Waals surface area contributed by atoms with Gasteiger partial charge in [0.2, 0.25) is 0 Å². The number of benzene rings is 1. The zero-order valence-corrected chi connectivity index (χ0v) is 12.2. The average molecular weight is 257 g/mol. The molecular formula is C14H25ClN2. The molecule has 0 aromatic heterocycles. The molecule has 1 unspecified atom stereocenters. The van der Waals surface area contributed by atoms with Crippen LogP contribution in [0.25, 0.3) is 0 Å². The Morgan fingerprint density at radius 3 is 2.41 bits per heavy atom. The molecule has 1 atom stereocenters. The Hall–Kier alpha value is -0.570. The Bertz CT molecular complexity index is 313. The largest absolute Gasteiger partial charge is 0.311 e. The third-order valence-electron chi connectivity index (χ3n) is 3.16. The molecule has 0 amide bonds. The second-order valence-electron chi connectivity index (χ2n) is 4.58. The molecule has 0 radical (unpaired) electrons. The van der Waals surface area contributed by atoms with Crippen molar-refractivity contribution in [2.75, 3.05) is 20.6 Å². The van der Waals surface area contributed by atoms with Crippen LogP contribution in [0, 0.1) is 6.92 Å². The first-order valence-corrected chi connectivity index (χ1v) is 6.06. The van der Waals surface area contributed by atoms with Gasteiger partial charge in [-0.2, -0.15) is 0 Å². The topological polar surface area (TPSA) is 15.3 Å². The summed E-state index contributed by atoms with van der Waals surface area (Å²) in [5, 5.41) is 3.53. The van der Waals surface area contributed by atoms with Crippen LogP contribution in [-0.2, 0) is 6.54 Å². The van der Waals surface area contributed by atoms with E-state index in [4.69, 9.17) is 0 Å². The van der Waals surface area contributed by atoms with Crippen molar-refractivity contribution in [3.63, 3.8) is 0 Å². The molecule has 0 bridgehead atoms. The number of nitrogens with zero attached hydrogens (tertiary/aromatic N) is 1. The molecule has 0 fully saturated rings. The van der Waals surface area contributed by atoms with Gasteiger partial charge < -0.3 is 10.2 Å². The van der Waals surface area contributed by atoms with Crippen LogP contribution in [-0.4, -0.2) is 31.6 Å². The third-order valence-corrected chi connectivity index (χ3v) is 3.16. The van der Waals surface area contributed by atoms with Crippen molar-refractivity contribution < 1.29 is 0 Å². The Morgan fingerprint density at radius 2 is 1.88 bits per heavy atom. The van der Waals surface area contributed by atoms with Gasteiger partial charge in [-0.05, 0) is 38.6 Å². The van der Waals surface area contributed by atoms with Crippen LogP contribution >= 0.6 is 12.4 Å². The molecule has 0 aliphatic heterocycles. The van der Waals surface area contributed by atoms with Gasteiger partial charge in [0.15, 0.2) is 0 Å². The van der Waals surface area contributed by atoms with Crippen molar-refractivity contribution in [2.24, 2.45) is 0 Å². The molecule has 98 valence electrons. The quantitative estimate of drug-likeness (QED) is 0.842. The van der Waals surface area contributed by atoms with Gasteiger partial charge in [-0.3, -0.25) is 0 Å². The van der Waals surface area contributed by atoms with E-state index < -0.39 is 0 Å². The summed E-state index contributed by atoms with van der Waals surface area (Å²) in [6.07, 6.45) is 1.19. The number of aryl methyl sites for hydroxylation is 1. The zero-order valence-electron chi connectivity index (χ0n) is 11.4. The monoisotopic (exact) mass is 256 g/mol. The first kappa shape index (κ1) is 16.4. The summed E-state index contributed by atoms with van der Waals surface area (Å²) in [7, 11) is 4.28. The molecule has 17 heavy (non-hydrogen) atoms. The van der Waals surface area contributed by atoms with E-state index in [1.807, 2.05) is 0 Å². The van der Waals surface area contributed by atoms with Crippen LogP contribution < -0.4 is 5.32 Å². The fourth-order valence-corrected chi connectivity index (χ4v) is 1.87. The standard InChI is InChI=1S/C14H24N2.ClH/c1-5-14(16(3)4)11-15-10-13-9-7-6-8-12(13)2;/h6-9,14-15H,5,10-11H2,1-4H3;1H. The first-order valence-electron chi connectivity index (χ1n) is 6.06. The lowest BCUT2D eigenvalue weighted by Crippen LogP contribution is -2.37. The van der Waals surface area contributed by atoms with Crippen LogP contribution in [0.2, 0.25) is 0 Å². The van der Waals surface area contributed by atoms with E-state index in [0.29, 0.717) is 6.04 Å². The Kier molecular flexibility index (Phi) is 8.23. The lowest BCUT2D eigenvalue weighted by molar-refractivity contribution is 0.276. The summed E-state index contributed by atoms with van der Waals surface area (Å²) in [6, 6.07) is 9.18. The maximum atomic E-state index is 3.53. The summed E-state index contributed by atoms with van der Waals surface area (Å²) >= 11 is 0. The lowest BCUT2D eigenvalue weighted by Gasteiger charge is -2.23. The van der Waals surface area contributed by atoms with Gasteiger partial charge in [-0.1, -0.05) is 31.2 Å². The van der Waals surface area contributed by atoms with E-state index in [-0.39, 0.29) is 12.4 Å². The van der Waals surface area contributed by atoms with Crippen LogP contribution in [0.5, 0.6) is 0 Å². The first-order chi connectivity index (χ1) is 7.65. The summed E-state index contributed by atoms with van der Waals surface area (Å²) in [5.41, 5.74) is 2.77. The molecular weight excluding hydrogens is 232 g/mol. The molecule has 0 aliphatic carbocycles. The molecule has 1 aromatic carbocycles. The molecule has 2 nitrogen and oxygen atoms in total. The van der Waals surface area contributed by atoms with Crippen molar-refractivity contribution in [3.8, 4) is 0 Å². The minimum atomic E-state index is 0. The molecule has 0 saturated carbocycles. The summed E-state index contributed by atoms with van der Waals surface area (Å²) in [6.45, 7) is 6.43.